The van der Waals surface area contributed by atoms with Crippen LogP contribution in [0.1, 0.15) is 61.7 Å². The number of rotatable bonds is 13. The predicted molar refractivity (Wildman–Crippen MR) is 197 cm³/mol. The van der Waals surface area contributed by atoms with Gasteiger partial charge in [0.2, 0.25) is 0 Å². The Morgan fingerprint density at radius 1 is 0.615 bits per heavy atom. The summed E-state index contributed by atoms with van der Waals surface area (Å²) in [6, 6.07) is 18.7. The van der Waals surface area contributed by atoms with Crippen molar-refractivity contribution in [3.8, 4) is 11.4 Å². The molecule has 1 N–H and O–H groups in total. The number of carbonyl (C=O) groups excluding carboxylic acids is 4. The standard InChI is InChI=1S/C40H38N8O4/c1-26(2)44(22-23-48-38(50)30-9-4-7-28-34(46-20-16-43-25-46)13-11-32(36(28)30)40(48)52)18-5-14-41-17-21-47-37(49)29-8-3-6-27-33(45-19-15-42-24-45)12-10-31(35(27)29)39(47)51/h3-4,6-13,15-16,19-20,24-26,41H,5,14,17-18,21-23H2,1-2H3. The van der Waals surface area contributed by atoms with Gasteiger partial charge in [-0.3, -0.25) is 33.9 Å². The molecular weight excluding hydrogens is 656 g/mol. The maximum Gasteiger partial charge on any atom is 0.261 e. The number of carbonyl (C=O) groups is 4. The monoisotopic (exact) mass is 694 g/mol. The smallest absolute Gasteiger partial charge is 0.261 e. The Morgan fingerprint density at radius 2 is 1.12 bits per heavy atom. The first kappa shape index (κ1) is 33.2. The molecule has 4 heterocycles. The average molecular weight is 695 g/mol. The number of amides is 4. The van der Waals surface area contributed by atoms with E-state index in [0.29, 0.717) is 52.7 Å². The third-order valence-corrected chi connectivity index (χ3v) is 10.2. The lowest BCUT2D eigenvalue weighted by Crippen LogP contribution is -2.46. The van der Waals surface area contributed by atoms with Gasteiger partial charge in [-0.15, -0.1) is 0 Å². The molecule has 6 aromatic rings. The summed E-state index contributed by atoms with van der Waals surface area (Å²) in [5, 5.41) is 6.42. The second-order valence-electron chi connectivity index (χ2n) is 13.4. The minimum Gasteiger partial charge on any atom is -0.315 e. The summed E-state index contributed by atoms with van der Waals surface area (Å²) in [4.78, 5) is 67.7. The quantitative estimate of drug-likeness (QED) is 0.133. The molecule has 52 heavy (non-hydrogen) atoms. The van der Waals surface area contributed by atoms with Crippen LogP contribution in [-0.2, 0) is 0 Å². The summed E-state index contributed by atoms with van der Waals surface area (Å²) in [7, 11) is 0. The van der Waals surface area contributed by atoms with E-state index in [4.69, 9.17) is 0 Å². The van der Waals surface area contributed by atoms with Gasteiger partial charge >= 0.3 is 0 Å². The molecule has 12 heteroatoms. The van der Waals surface area contributed by atoms with Crippen LogP contribution in [0.5, 0.6) is 0 Å². The van der Waals surface area contributed by atoms with Gasteiger partial charge in [-0.25, -0.2) is 9.97 Å². The van der Waals surface area contributed by atoms with E-state index in [9.17, 15) is 19.2 Å². The highest BCUT2D eigenvalue weighted by Crippen LogP contribution is 2.35. The summed E-state index contributed by atoms with van der Waals surface area (Å²) in [6.07, 6.45) is 11.3. The number of imide groups is 2. The molecule has 4 aromatic carbocycles. The van der Waals surface area contributed by atoms with E-state index in [0.717, 1.165) is 35.1 Å². The summed E-state index contributed by atoms with van der Waals surface area (Å²) < 4.78 is 3.75. The Balaban J connectivity index is 0.861. The van der Waals surface area contributed by atoms with E-state index >= 15 is 0 Å². The van der Waals surface area contributed by atoms with Crippen LogP contribution >= 0.6 is 0 Å². The summed E-state index contributed by atoms with van der Waals surface area (Å²) in [5.41, 5.74) is 3.82. The van der Waals surface area contributed by atoms with E-state index < -0.39 is 0 Å². The van der Waals surface area contributed by atoms with E-state index in [1.165, 1.54) is 9.80 Å². The third kappa shape index (κ3) is 5.66. The predicted octanol–water partition coefficient (Wildman–Crippen LogP) is 4.95. The molecule has 2 aromatic heterocycles. The molecule has 0 aliphatic carbocycles. The van der Waals surface area contributed by atoms with E-state index in [-0.39, 0.29) is 42.8 Å². The van der Waals surface area contributed by atoms with Gasteiger partial charge in [0.25, 0.3) is 23.6 Å². The molecule has 12 nitrogen and oxygen atoms in total. The Morgan fingerprint density at radius 3 is 1.60 bits per heavy atom. The first-order valence-electron chi connectivity index (χ1n) is 17.6. The SMILES string of the molecule is CC(C)N(CCCNCCN1C(=O)c2cccc3c(-n4ccnc4)ccc(c23)C1=O)CCN1C(=O)c2cccc3c(-n4ccnc4)ccc(c23)C1=O. The number of hydrogen-bond acceptors (Lipinski definition) is 8. The second kappa shape index (κ2) is 13.6. The fourth-order valence-electron chi connectivity index (χ4n) is 7.50. The Bertz CT molecular complexity index is 2300. The van der Waals surface area contributed by atoms with Gasteiger partial charge in [0, 0.05) is 101 Å². The molecular formula is C40H38N8O4. The molecule has 2 aliphatic heterocycles. The van der Waals surface area contributed by atoms with Crippen LogP contribution in [0.2, 0.25) is 0 Å². The molecule has 0 bridgehead atoms. The number of nitrogens with one attached hydrogen (secondary N) is 1. The Hall–Kier alpha value is -5.98. The zero-order valence-electron chi connectivity index (χ0n) is 29.0. The van der Waals surface area contributed by atoms with Crippen molar-refractivity contribution in [2.75, 3.05) is 39.3 Å². The maximum absolute atomic E-state index is 13.7. The highest BCUT2D eigenvalue weighted by Gasteiger charge is 2.35. The van der Waals surface area contributed by atoms with Crippen LogP contribution in [0.15, 0.2) is 98.1 Å². The van der Waals surface area contributed by atoms with E-state index in [1.807, 2.05) is 57.9 Å². The molecule has 0 radical (unpaired) electrons. The maximum atomic E-state index is 13.7. The average Bonchev–Trinajstić information content (AvgIpc) is 3.90. The van der Waals surface area contributed by atoms with Crippen molar-refractivity contribution in [1.29, 1.82) is 0 Å². The molecule has 0 saturated carbocycles. The van der Waals surface area contributed by atoms with Crippen LogP contribution in [0.25, 0.3) is 32.9 Å². The van der Waals surface area contributed by atoms with Crippen LogP contribution in [0.4, 0.5) is 0 Å². The molecule has 262 valence electrons. The Labute approximate surface area is 300 Å². The van der Waals surface area contributed by atoms with Crippen LogP contribution in [0, 0.1) is 0 Å². The topological polar surface area (TPSA) is 126 Å². The van der Waals surface area contributed by atoms with E-state index in [1.54, 1.807) is 49.3 Å². The normalized spacial score (nSPS) is 14.2. The van der Waals surface area contributed by atoms with Crippen molar-refractivity contribution in [2.24, 2.45) is 0 Å². The molecule has 0 saturated heterocycles. The molecule has 4 amide bonds. The number of nitrogens with zero attached hydrogens (tertiary/aromatic N) is 7. The van der Waals surface area contributed by atoms with Gasteiger partial charge in [0.05, 0.1) is 24.0 Å². The minimum absolute atomic E-state index is 0.198. The zero-order chi connectivity index (χ0) is 35.9. The third-order valence-electron chi connectivity index (χ3n) is 10.2. The lowest BCUT2D eigenvalue weighted by Gasteiger charge is -2.32. The van der Waals surface area contributed by atoms with Gasteiger partial charge < -0.3 is 14.5 Å². The molecule has 0 unspecified atom stereocenters. The molecule has 0 fully saturated rings. The van der Waals surface area contributed by atoms with Gasteiger partial charge in [0.15, 0.2) is 0 Å². The number of benzene rings is 4. The van der Waals surface area contributed by atoms with Crippen molar-refractivity contribution in [3.63, 3.8) is 0 Å². The highest BCUT2D eigenvalue weighted by molar-refractivity contribution is 6.27. The summed E-state index contributed by atoms with van der Waals surface area (Å²) in [6.45, 7) is 7.16. The van der Waals surface area contributed by atoms with Crippen LogP contribution in [-0.4, -0.2) is 103 Å². The first-order valence-corrected chi connectivity index (χ1v) is 17.6. The van der Waals surface area contributed by atoms with Gasteiger partial charge in [-0.05, 0) is 69.8 Å². The Kier molecular flexibility index (Phi) is 8.69. The summed E-state index contributed by atoms with van der Waals surface area (Å²) >= 11 is 0. The van der Waals surface area contributed by atoms with Crippen molar-refractivity contribution in [3.05, 3.63) is 120 Å². The van der Waals surface area contributed by atoms with Crippen LogP contribution in [0.3, 0.4) is 0 Å². The molecule has 0 atom stereocenters. The van der Waals surface area contributed by atoms with Gasteiger partial charge in [0.1, 0.15) is 0 Å². The number of imidazole rings is 2. The number of hydrogen-bond donors (Lipinski definition) is 1. The molecule has 8 rings (SSSR count). The van der Waals surface area contributed by atoms with Gasteiger partial charge in [-0.2, -0.15) is 0 Å². The van der Waals surface area contributed by atoms with Crippen LogP contribution < -0.4 is 5.32 Å². The minimum atomic E-state index is -0.294. The number of aromatic nitrogens is 4. The summed E-state index contributed by atoms with van der Waals surface area (Å²) in [5.74, 6) is -1.15. The fraction of sp³-hybridized carbons (Fsp3) is 0.250. The second-order valence-corrected chi connectivity index (χ2v) is 13.4. The van der Waals surface area contributed by atoms with Gasteiger partial charge in [-0.1, -0.05) is 24.3 Å². The van der Waals surface area contributed by atoms with Crippen molar-refractivity contribution >= 4 is 45.2 Å². The fourth-order valence-corrected chi connectivity index (χ4v) is 7.50. The van der Waals surface area contributed by atoms with E-state index in [2.05, 4.69) is 34.0 Å². The molecule has 0 spiro atoms. The zero-order valence-corrected chi connectivity index (χ0v) is 29.0. The molecule has 2 aliphatic rings. The lowest BCUT2D eigenvalue weighted by molar-refractivity contribution is 0.0579. The van der Waals surface area contributed by atoms with Crippen molar-refractivity contribution in [2.45, 2.75) is 26.3 Å². The van der Waals surface area contributed by atoms with Crippen molar-refractivity contribution < 1.29 is 19.2 Å². The highest BCUT2D eigenvalue weighted by atomic mass is 16.2. The van der Waals surface area contributed by atoms with Crippen molar-refractivity contribution in [1.82, 2.24) is 39.1 Å². The largest absolute Gasteiger partial charge is 0.315 e. The first-order chi connectivity index (χ1) is 25.3. The lowest BCUT2D eigenvalue weighted by atomic mass is 9.93.